The zero-order valence-electron chi connectivity index (χ0n) is 19.9. The van der Waals surface area contributed by atoms with Crippen LogP contribution in [0.2, 0.25) is 0 Å². The van der Waals surface area contributed by atoms with E-state index in [1.807, 2.05) is 26.8 Å². The lowest BCUT2D eigenvalue weighted by atomic mass is 9.83. The Bertz CT molecular complexity index is 1380. The lowest BCUT2D eigenvalue weighted by Gasteiger charge is -2.29. The first-order valence-corrected chi connectivity index (χ1v) is 13.3. The van der Waals surface area contributed by atoms with E-state index in [-0.39, 0.29) is 22.7 Å². The number of benzene rings is 1. The number of aromatic amines is 1. The third-order valence-corrected chi connectivity index (χ3v) is 6.99. The summed E-state index contributed by atoms with van der Waals surface area (Å²) in [5.41, 5.74) is 2.31. The molecule has 3 heterocycles. The quantitative estimate of drug-likeness (QED) is 0.461. The van der Waals surface area contributed by atoms with Gasteiger partial charge in [-0.25, -0.2) is 13.1 Å². The van der Waals surface area contributed by atoms with Crippen LogP contribution in [0.25, 0.3) is 22.1 Å². The topological polar surface area (TPSA) is 121 Å². The maximum atomic E-state index is 13.8. The highest BCUT2D eigenvalue weighted by Crippen LogP contribution is 2.37. The number of piperidine rings is 1. The first-order valence-electron chi connectivity index (χ1n) is 11.4. The van der Waals surface area contributed by atoms with Crippen molar-refractivity contribution in [1.82, 2.24) is 15.0 Å². The van der Waals surface area contributed by atoms with Crippen molar-refractivity contribution < 1.29 is 17.6 Å². The van der Waals surface area contributed by atoms with Crippen LogP contribution >= 0.6 is 0 Å². The number of Topliss-reactive ketones (excluding diaryl/α,β-unsaturated/α-hetero) is 1. The zero-order chi connectivity index (χ0) is 24.7. The average Bonchev–Trinajstić information content (AvgIpc) is 3.20. The predicted molar refractivity (Wildman–Crippen MR) is 133 cm³/mol. The van der Waals surface area contributed by atoms with Crippen LogP contribution in [-0.4, -0.2) is 44.6 Å². The Morgan fingerprint density at radius 1 is 1.26 bits per heavy atom. The number of ketones is 1. The molecule has 34 heavy (non-hydrogen) atoms. The van der Waals surface area contributed by atoms with Crippen molar-refractivity contribution in [1.29, 1.82) is 0 Å². The van der Waals surface area contributed by atoms with E-state index < -0.39 is 16.1 Å². The lowest BCUT2D eigenvalue weighted by Crippen LogP contribution is -2.50. The third-order valence-electron chi connectivity index (χ3n) is 6.31. The highest BCUT2D eigenvalue weighted by Gasteiger charge is 2.35. The van der Waals surface area contributed by atoms with Crippen LogP contribution in [0.1, 0.15) is 49.5 Å². The summed E-state index contributed by atoms with van der Waals surface area (Å²) in [7, 11) is -3.62. The number of carbonyl (C=O) groups excluding carboxylic acids is 1. The Morgan fingerprint density at radius 3 is 2.65 bits per heavy atom. The average molecular weight is 486 g/mol. The Labute approximate surface area is 199 Å². The van der Waals surface area contributed by atoms with Crippen LogP contribution in [0.15, 0.2) is 45.9 Å². The van der Waals surface area contributed by atoms with Crippen LogP contribution in [-0.2, 0) is 15.4 Å². The van der Waals surface area contributed by atoms with Crippen molar-refractivity contribution in [3.05, 3.63) is 58.2 Å². The van der Waals surface area contributed by atoms with Crippen molar-refractivity contribution >= 4 is 26.8 Å². The SMILES string of the molecule is CC(C)(C)c1cc(-c2ccc[nH]c2=O)cc2c(C(=O)[C@H](NS(C)(=O)=O)C3CCCNC3)coc12. The van der Waals surface area contributed by atoms with Crippen molar-refractivity contribution in [3.63, 3.8) is 0 Å². The largest absolute Gasteiger partial charge is 0.463 e. The van der Waals surface area contributed by atoms with Gasteiger partial charge in [0.1, 0.15) is 11.8 Å². The molecule has 182 valence electrons. The van der Waals surface area contributed by atoms with Gasteiger partial charge >= 0.3 is 0 Å². The van der Waals surface area contributed by atoms with E-state index in [0.717, 1.165) is 31.2 Å². The molecule has 0 radical (unpaired) electrons. The summed E-state index contributed by atoms with van der Waals surface area (Å²) in [6.07, 6.45) is 5.64. The monoisotopic (exact) mass is 485 g/mol. The first-order chi connectivity index (χ1) is 16.0. The Hall–Kier alpha value is -2.75. The summed E-state index contributed by atoms with van der Waals surface area (Å²) >= 11 is 0. The van der Waals surface area contributed by atoms with E-state index in [4.69, 9.17) is 4.42 Å². The molecule has 1 unspecified atom stereocenters. The van der Waals surface area contributed by atoms with Crippen molar-refractivity contribution in [3.8, 4) is 11.1 Å². The molecule has 0 bridgehead atoms. The molecule has 1 aromatic carbocycles. The summed E-state index contributed by atoms with van der Waals surface area (Å²) in [5.74, 6) is -0.514. The standard InChI is InChI=1S/C25H31N3O5S/c1-25(2,3)20-12-16(17-8-6-10-27-24(17)30)11-18-19(14-33-23(18)20)22(29)21(28-34(4,31)32)15-7-5-9-26-13-15/h6,8,10-12,14-15,21,26,28H,5,7,9,13H2,1-4H3,(H,27,30)/t15?,21-/m1/s1. The number of rotatable bonds is 6. The summed E-state index contributed by atoms with van der Waals surface area (Å²) in [6.45, 7) is 7.49. The molecule has 0 saturated carbocycles. The van der Waals surface area contributed by atoms with E-state index >= 15 is 0 Å². The fourth-order valence-electron chi connectivity index (χ4n) is 4.61. The number of fused-ring (bicyclic) bond motifs is 1. The van der Waals surface area contributed by atoms with E-state index in [1.54, 1.807) is 24.4 Å². The molecule has 0 spiro atoms. The number of carbonyl (C=O) groups is 1. The van der Waals surface area contributed by atoms with Crippen LogP contribution in [0.3, 0.4) is 0 Å². The molecule has 8 nitrogen and oxygen atoms in total. The summed E-state index contributed by atoms with van der Waals surface area (Å²) in [4.78, 5) is 29.0. The Morgan fingerprint density at radius 2 is 2.03 bits per heavy atom. The number of sulfonamides is 1. The number of hydrogen-bond acceptors (Lipinski definition) is 6. The van der Waals surface area contributed by atoms with Crippen LogP contribution in [0, 0.1) is 5.92 Å². The fraction of sp³-hybridized carbons (Fsp3) is 0.440. The second kappa shape index (κ2) is 9.13. The summed E-state index contributed by atoms with van der Waals surface area (Å²) < 4.78 is 32.8. The molecule has 3 aromatic rings. The minimum atomic E-state index is -3.62. The van der Waals surface area contributed by atoms with Gasteiger partial charge in [-0.05, 0) is 67.1 Å². The van der Waals surface area contributed by atoms with Gasteiger partial charge in [-0.2, -0.15) is 0 Å². The van der Waals surface area contributed by atoms with Crippen LogP contribution in [0.5, 0.6) is 0 Å². The second-order valence-corrected chi connectivity index (χ2v) is 11.8. The fourth-order valence-corrected chi connectivity index (χ4v) is 5.38. The van der Waals surface area contributed by atoms with Gasteiger partial charge in [-0.3, -0.25) is 9.59 Å². The second-order valence-electron chi connectivity index (χ2n) is 10.1. The van der Waals surface area contributed by atoms with Crippen molar-refractivity contribution in [2.24, 2.45) is 5.92 Å². The lowest BCUT2D eigenvalue weighted by molar-refractivity contribution is 0.0910. The molecule has 3 N–H and O–H groups in total. The van der Waals surface area contributed by atoms with Crippen LogP contribution in [0.4, 0.5) is 0 Å². The van der Waals surface area contributed by atoms with Crippen LogP contribution < -0.4 is 15.6 Å². The molecule has 0 amide bonds. The van der Waals surface area contributed by atoms with Gasteiger partial charge in [0, 0.05) is 22.7 Å². The van der Waals surface area contributed by atoms with Gasteiger partial charge in [0.15, 0.2) is 5.78 Å². The van der Waals surface area contributed by atoms with Gasteiger partial charge in [0.2, 0.25) is 10.0 Å². The number of H-pyrrole nitrogens is 1. The molecular formula is C25H31N3O5S. The molecule has 2 atom stereocenters. The predicted octanol–water partition coefficient (Wildman–Crippen LogP) is 3.19. The van der Waals surface area contributed by atoms with Crippen molar-refractivity contribution in [2.45, 2.75) is 45.1 Å². The van der Waals surface area contributed by atoms with Gasteiger partial charge < -0.3 is 14.7 Å². The van der Waals surface area contributed by atoms with E-state index in [9.17, 15) is 18.0 Å². The molecule has 1 fully saturated rings. The minimum absolute atomic E-state index is 0.178. The van der Waals surface area contributed by atoms with Gasteiger partial charge in [0.25, 0.3) is 5.56 Å². The molecular weight excluding hydrogens is 454 g/mol. The number of pyridine rings is 1. The maximum Gasteiger partial charge on any atom is 0.255 e. The smallest absolute Gasteiger partial charge is 0.255 e. The molecule has 1 aliphatic heterocycles. The number of aromatic nitrogens is 1. The number of nitrogens with one attached hydrogen (secondary N) is 3. The minimum Gasteiger partial charge on any atom is -0.463 e. The molecule has 1 aliphatic rings. The van der Waals surface area contributed by atoms with Gasteiger partial charge in [-0.1, -0.05) is 20.8 Å². The highest BCUT2D eigenvalue weighted by atomic mass is 32.2. The first kappa shape index (κ1) is 24.4. The maximum absolute atomic E-state index is 13.8. The molecule has 1 saturated heterocycles. The molecule has 9 heteroatoms. The number of furan rings is 1. The van der Waals surface area contributed by atoms with Gasteiger partial charge in [-0.15, -0.1) is 0 Å². The molecule has 0 aliphatic carbocycles. The third kappa shape index (κ3) is 5.01. The highest BCUT2D eigenvalue weighted by molar-refractivity contribution is 7.88. The normalized spacial score (nSPS) is 18.2. The Balaban J connectivity index is 1.89. The summed E-state index contributed by atoms with van der Waals surface area (Å²) in [5, 5.41) is 3.82. The molecule has 2 aromatic heterocycles. The van der Waals surface area contributed by atoms with Crippen molar-refractivity contribution in [2.75, 3.05) is 19.3 Å². The van der Waals surface area contributed by atoms with Gasteiger partial charge in [0.05, 0.1) is 17.9 Å². The van der Waals surface area contributed by atoms with E-state index in [1.165, 1.54) is 6.26 Å². The molecule has 4 rings (SSSR count). The van der Waals surface area contributed by atoms with E-state index in [0.29, 0.717) is 34.2 Å². The zero-order valence-corrected chi connectivity index (χ0v) is 20.7. The summed E-state index contributed by atoms with van der Waals surface area (Å²) in [6, 6.07) is 6.27. The van der Waals surface area contributed by atoms with E-state index in [2.05, 4.69) is 15.0 Å². The Kier molecular flexibility index (Phi) is 6.54. The number of hydrogen-bond donors (Lipinski definition) is 3.